The normalized spacial score (nSPS) is 11.8. The van der Waals surface area contributed by atoms with E-state index in [0.29, 0.717) is 0 Å². The van der Waals surface area contributed by atoms with Gasteiger partial charge in [-0.25, -0.2) is 0 Å². The maximum atomic E-state index is 11.4. The zero-order chi connectivity index (χ0) is 9.78. The fraction of sp³-hybridized carbons (Fsp3) is 0.900. The summed E-state index contributed by atoms with van der Waals surface area (Å²) in [5.41, 5.74) is -0.372. The molecule has 2 nitrogen and oxygen atoms in total. The second-order valence-electron chi connectivity index (χ2n) is 4.09. The Bertz CT molecular complexity index is 140. The average Bonchev–Trinajstić information content (AvgIpc) is 1.97. The maximum absolute atomic E-state index is 11.4. The van der Waals surface area contributed by atoms with Gasteiger partial charge in [-0.05, 0) is 33.6 Å². The highest BCUT2D eigenvalue weighted by atomic mass is 16.5. The predicted octanol–water partition coefficient (Wildman–Crippen LogP) is 2.76. The Morgan fingerprint density at radius 3 is 1.92 bits per heavy atom. The van der Waals surface area contributed by atoms with E-state index in [1.165, 1.54) is 0 Å². The minimum Gasteiger partial charge on any atom is -0.462 e. The number of hydrogen-bond donors (Lipinski definition) is 0. The van der Waals surface area contributed by atoms with Crippen molar-refractivity contribution in [2.45, 2.75) is 53.6 Å². The van der Waals surface area contributed by atoms with Crippen molar-refractivity contribution < 1.29 is 9.53 Å². The molecule has 72 valence electrons. The Hall–Kier alpha value is -0.530. The lowest BCUT2D eigenvalue weighted by Gasteiger charge is -2.21. The van der Waals surface area contributed by atoms with E-state index < -0.39 is 0 Å². The van der Waals surface area contributed by atoms with Crippen LogP contribution in [0.15, 0.2) is 0 Å². The van der Waals surface area contributed by atoms with Gasteiger partial charge < -0.3 is 4.74 Å². The van der Waals surface area contributed by atoms with Gasteiger partial charge >= 0.3 is 5.97 Å². The number of carbonyl (C=O) groups is 1. The Labute approximate surface area is 75.3 Å². The van der Waals surface area contributed by atoms with E-state index in [1.807, 2.05) is 34.6 Å². The van der Waals surface area contributed by atoms with Crippen LogP contribution in [0.1, 0.15) is 47.5 Å². The van der Waals surface area contributed by atoms with Gasteiger partial charge in [-0.2, -0.15) is 0 Å². The van der Waals surface area contributed by atoms with Crippen LogP contribution in [-0.2, 0) is 9.53 Å². The summed E-state index contributed by atoms with van der Waals surface area (Å²) in [6.07, 6.45) is 1.90. The van der Waals surface area contributed by atoms with Gasteiger partial charge in [0.1, 0.15) is 6.10 Å². The standard InChI is InChI=1S/C10H20O2/c1-6-8(7-2)12-9(11)10(3,4)5/h8H,6-7H2,1-5H3. The summed E-state index contributed by atoms with van der Waals surface area (Å²) >= 11 is 0. The number of ether oxygens (including phenoxy) is 1. The van der Waals surface area contributed by atoms with Crippen LogP contribution < -0.4 is 0 Å². The minimum absolute atomic E-state index is 0.0942. The van der Waals surface area contributed by atoms with E-state index >= 15 is 0 Å². The molecule has 0 saturated carbocycles. The van der Waals surface area contributed by atoms with E-state index in [-0.39, 0.29) is 17.5 Å². The number of esters is 1. The summed E-state index contributed by atoms with van der Waals surface area (Å²) < 4.78 is 5.27. The van der Waals surface area contributed by atoms with Crippen LogP contribution in [-0.4, -0.2) is 12.1 Å². The molecule has 0 aliphatic carbocycles. The van der Waals surface area contributed by atoms with Gasteiger partial charge in [0.05, 0.1) is 5.41 Å². The summed E-state index contributed by atoms with van der Waals surface area (Å²) in [7, 11) is 0. The Balaban J connectivity index is 3.99. The van der Waals surface area contributed by atoms with Crippen LogP contribution in [0.3, 0.4) is 0 Å². The zero-order valence-corrected chi connectivity index (χ0v) is 8.81. The topological polar surface area (TPSA) is 26.3 Å². The van der Waals surface area contributed by atoms with Gasteiger partial charge in [0.2, 0.25) is 0 Å². The highest BCUT2D eigenvalue weighted by Crippen LogP contribution is 2.17. The molecule has 0 saturated heterocycles. The molecule has 0 aromatic carbocycles. The van der Waals surface area contributed by atoms with Crippen LogP contribution in [0.2, 0.25) is 0 Å². The quantitative estimate of drug-likeness (QED) is 0.612. The van der Waals surface area contributed by atoms with Gasteiger partial charge in [0, 0.05) is 0 Å². The van der Waals surface area contributed by atoms with Gasteiger partial charge in [-0.1, -0.05) is 13.8 Å². The third-order valence-corrected chi connectivity index (χ3v) is 1.80. The number of rotatable bonds is 3. The molecule has 2 heteroatoms. The third-order valence-electron chi connectivity index (χ3n) is 1.80. The lowest BCUT2D eigenvalue weighted by molar-refractivity contribution is -0.158. The smallest absolute Gasteiger partial charge is 0.311 e. The second-order valence-corrected chi connectivity index (χ2v) is 4.09. The van der Waals surface area contributed by atoms with Crippen LogP contribution in [0, 0.1) is 5.41 Å². The molecule has 12 heavy (non-hydrogen) atoms. The largest absolute Gasteiger partial charge is 0.462 e. The van der Waals surface area contributed by atoms with Crippen molar-refractivity contribution >= 4 is 5.97 Å². The summed E-state index contributed by atoms with van der Waals surface area (Å²) in [6, 6.07) is 0. The highest BCUT2D eigenvalue weighted by molar-refractivity contribution is 5.75. The monoisotopic (exact) mass is 172 g/mol. The molecule has 0 fully saturated rings. The predicted molar refractivity (Wildman–Crippen MR) is 49.9 cm³/mol. The van der Waals surface area contributed by atoms with Gasteiger partial charge in [0.15, 0.2) is 0 Å². The first kappa shape index (κ1) is 11.5. The lowest BCUT2D eigenvalue weighted by atomic mass is 9.97. The average molecular weight is 172 g/mol. The molecule has 0 N–H and O–H groups in total. The zero-order valence-electron chi connectivity index (χ0n) is 8.81. The maximum Gasteiger partial charge on any atom is 0.311 e. The van der Waals surface area contributed by atoms with E-state index in [1.54, 1.807) is 0 Å². The molecule has 0 amide bonds. The molecular weight excluding hydrogens is 152 g/mol. The Morgan fingerprint density at radius 1 is 1.25 bits per heavy atom. The van der Waals surface area contributed by atoms with E-state index in [9.17, 15) is 4.79 Å². The number of hydrogen-bond acceptors (Lipinski definition) is 2. The first-order valence-corrected chi connectivity index (χ1v) is 4.62. The van der Waals surface area contributed by atoms with Crippen molar-refractivity contribution in [3.05, 3.63) is 0 Å². The summed E-state index contributed by atoms with van der Waals surface area (Å²) in [5, 5.41) is 0. The van der Waals surface area contributed by atoms with Crippen LogP contribution in [0.5, 0.6) is 0 Å². The minimum atomic E-state index is -0.372. The van der Waals surface area contributed by atoms with Crippen molar-refractivity contribution in [1.82, 2.24) is 0 Å². The fourth-order valence-corrected chi connectivity index (χ4v) is 0.783. The Kier molecular flexibility index (Phi) is 4.29. The van der Waals surface area contributed by atoms with Crippen molar-refractivity contribution in [2.24, 2.45) is 5.41 Å². The first-order valence-electron chi connectivity index (χ1n) is 4.62. The highest BCUT2D eigenvalue weighted by Gasteiger charge is 2.24. The molecule has 0 spiro atoms. The molecule has 0 radical (unpaired) electrons. The first-order chi connectivity index (χ1) is 5.41. The van der Waals surface area contributed by atoms with E-state index in [0.717, 1.165) is 12.8 Å². The van der Waals surface area contributed by atoms with Gasteiger partial charge in [0.25, 0.3) is 0 Å². The summed E-state index contributed by atoms with van der Waals surface area (Å²) in [4.78, 5) is 11.4. The van der Waals surface area contributed by atoms with Crippen molar-refractivity contribution in [2.75, 3.05) is 0 Å². The molecule has 0 rings (SSSR count). The molecule has 0 aliphatic rings. The van der Waals surface area contributed by atoms with Crippen molar-refractivity contribution in [1.29, 1.82) is 0 Å². The lowest BCUT2D eigenvalue weighted by Crippen LogP contribution is -2.27. The van der Waals surface area contributed by atoms with E-state index in [4.69, 9.17) is 4.74 Å². The van der Waals surface area contributed by atoms with Crippen molar-refractivity contribution in [3.63, 3.8) is 0 Å². The molecule has 0 aliphatic heterocycles. The molecule has 0 heterocycles. The second kappa shape index (κ2) is 4.48. The van der Waals surface area contributed by atoms with Crippen molar-refractivity contribution in [3.8, 4) is 0 Å². The SMILES string of the molecule is CCC(CC)OC(=O)C(C)(C)C. The third kappa shape index (κ3) is 3.74. The molecule has 0 atom stereocenters. The van der Waals surface area contributed by atoms with Crippen LogP contribution >= 0.6 is 0 Å². The van der Waals surface area contributed by atoms with Gasteiger partial charge in [-0.15, -0.1) is 0 Å². The Morgan fingerprint density at radius 2 is 1.67 bits per heavy atom. The molecule has 0 unspecified atom stereocenters. The molecular formula is C10H20O2. The summed E-state index contributed by atoms with van der Waals surface area (Å²) in [5.74, 6) is -0.101. The van der Waals surface area contributed by atoms with Crippen LogP contribution in [0.25, 0.3) is 0 Å². The fourth-order valence-electron chi connectivity index (χ4n) is 0.783. The number of carbonyl (C=O) groups excluding carboxylic acids is 1. The molecule has 0 aromatic heterocycles. The van der Waals surface area contributed by atoms with Crippen LogP contribution in [0.4, 0.5) is 0 Å². The molecule has 0 bridgehead atoms. The molecule has 0 aromatic rings. The van der Waals surface area contributed by atoms with E-state index in [2.05, 4.69) is 0 Å². The summed E-state index contributed by atoms with van der Waals surface area (Å²) in [6.45, 7) is 9.68. The van der Waals surface area contributed by atoms with Gasteiger partial charge in [-0.3, -0.25) is 4.79 Å².